The Bertz CT molecular complexity index is 841. The summed E-state index contributed by atoms with van der Waals surface area (Å²) < 4.78 is 1.04. The van der Waals surface area contributed by atoms with Crippen molar-refractivity contribution in [3.8, 4) is 10.6 Å². The Hall–Kier alpha value is -1.51. The maximum Gasteiger partial charge on any atom is 0.232 e. The van der Waals surface area contributed by atoms with E-state index in [0.29, 0.717) is 5.75 Å². The molecule has 0 aromatic carbocycles. The van der Waals surface area contributed by atoms with Gasteiger partial charge in [-0.05, 0) is 32.2 Å². The van der Waals surface area contributed by atoms with E-state index in [0.717, 1.165) is 43.9 Å². The Morgan fingerprint density at radius 1 is 1.29 bits per heavy atom. The van der Waals surface area contributed by atoms with Gasteiger partial charge >= 0.3 is 0 Å². The first-order chi connectivity index (χ1) is 11.6. The second-order valence-electron chi connectivity index (χ2n) is 5.10. The van der Waals surface area contributed by atoms with Crippen molar-refractivity contribution in [1.29, 1.82) is 0 Å². The molecule has 0 aliphatic rings. The minimum atomic E-state index is 0.120. The quantitative estimate of drug-likeness (QED) is 0.605. The number of aromatic nitrogens is 3. The first-order valence-electron chi connectivity index (χ1n) is 7.72. The van der Waals surface area contributed by atoms with Gasteiger partial charge < -0.3 is 4.90 Å². The number of amides is 1. The second-order valence-corrected chi connectivity index (χ2v) is 8.21. The molecule has 3 heterocycles. The van der Waals surface area contributed by atoms with Crippen LogP contribution in [-0.2, 0) is 4.79 Å². The van der Waals surface area contributed by atoms with Gasteiger partial charge in [0.05, 0.1) is 20.3 Å². The Labute approximate surface area is 153 Å². The van der Waals surface area contributed by atoms with Gasteiger partial charge in [-0.1, -0.05) is 17.8 Å². The molecule has 0 saturated heterocycles. The van der Waals surface area contributed by atoms with Crippen LogP contribution in [0.15, 0.2) is 22.5 Å². The molecule has 5 nitrogen and oxygen atoms in total. The van der Waals surface area contributed by atoms with Crippen LogP contribution < -0.4 is 0 Å². The number of carbonyl (C=O) groups is 1. The van der Waals surface area contributed by atoms with Crippen molar-refractivity contribution in [3.63, 3.8) is 0 Å². The molecular formula is C16H18N4OS3. The largest absolute Gasteiger partial charge is 0.343 e. The molecule has 0 radical (unpaired) electrons. The molecule has 3 rings (SSSR count). The normalized spacial score (nSPS) is 11.1. The standard InChI is InChI=1S/C16H18N4OS3/c1-4-20(5-2)12(21)9-23-16-14-15(24-10(3)17-14)13(18-19-16)11-7-6-8-22-11/h6-8H,4-5,9H2,1-3H3. The first-order valence-corrected chi connectivity index (χ1v) is 10.4. The molecule has 126 valence electrons. The average Bonchev–Trinajstić information content (AvgIpc) is 3.22. The molecule has 0 atom stereocenters. The van der Waals surface area contributed by atoms with E-state index in [1.54, 1.807) is 22.7 Å². The third kappa shape index (κ3) is 3.45. The highest BCUT2D eigenvalue weighted by Gasteiger charge is 2.18. The molecule has 3 aromatic heterocycles. The van der Waals surface area contributed by atoms with Crippen LogP contribution in [0.1, 0.15) is 18.9 Å². The van der Waals surface area contributed by atoms with Gasteiger partial charge in [-0.15, -0.1) is 32.9 Å². The number of thioether (sulfide) groups is 1. The molecule has 0 aliphatic carbocycles. The van der Waals surface area contributed by atoms with Gasteiger partial charge in [-0.3, -0.25) is 4.79 Å². The van der Waals surface area contributed by atoms with E-state index in [-0.39, 0.29) is 5.91 Å². The van der Waals surface area contributed by atoms with E-state index >= 15 is 0 Å². The molecule has 0 aliphatic heterocycles. The van der Waals surface area contributed by atoms with E-state index < -0.39 is 0 Å². The van der Waals surface area contributed by atoms with Crippen molar-refractivity contribution < 1.29 is 4.79 Å². The fraction of sp³-hybridized carbons (Fsp3) is 0.375. The molecule has 8 heteroatoms. The van der Waals surface area contributed by atoms with Gasteiger partial charge in [0, 0.05) is 13.1 Å². The molecular weight excluding hydrogens is 360 g/mol. The van der Waals surface area contributed by atoms with E-state index in [4.69, 9.17) is 0 Å². The highest BCUT2D eigenvalue weighted by molar-refractivity contribution is 8.00. The van der Waals surface area contributed by atoms with Crippen LogP contribution in [0, 0.1) is 6.92 Å². The van der Waals surface area contributed by atoms with Crippen molar-refractivity contribution in [2.24, 2.45) is 0 Å². The molecule has 0 saturated carbocycles. The van der Waals surface area contributed by atoms with Crippen molar-refractivity contribution in [2.75, 3.05) is 18.8 Å². The summed E-state index contributed by atoms with van der Waals surface area (Å²) in [6.07, 6.45) is 0. The fourth-order valence-electron chi connectivity index (χ4n) is 2.39. The lowest BCUT2D eigenvalue weighted by molar-refractivity contribution is -0.127. The van der Waals surface area contributed by atoms with E-state index in [1.165, 1.54) is 11.8 Å². The SMILES string of the molecule is CCN(CC)C(=O)CSc1nnc(-c2cccs2)c2sc(C)nc12. The lowest BCUT2D eigenvalue weighted by Gasteiger charge is -2.17. The number of rotatable bonds is 6. The number of thiazole rings is 1. The lowest BCUT2D eigenvalue weighted by Crippen LogP contribution is -2.31. The zero-order valence-corrected chi connectivity index (χ0v) is 16.2. The Morgan fingerprint density at radius 3 is 2.75 bits per heavy atom. The summed E-state index contributed by atoms with van der Waals surface area (Å²) in [6.45, 7) is 7.42. The van der Waals surface area contributed by atoms with Crippen molar-refractivity contribution >= 4 is 50.6 Å². The molecule has 0 N–H and O–H groups in total. The van der Waals surface area contributed by atoms with Gasteiger partial charge in [0.15, 0.2) is 0 Å². The van der Waals surface area contributed by atoms with Gasteiger partial charge in [0.2, 0.25) is 5.91 Å². The molecule has 0 spiro atoms. The zero-order valence-electron chi connectivity index (χ0n) is 13.8. The minimum Gasteiger partial charge on any atom is -0.343 e. The summed E-state index contributed by atoms with van der Waals surface area (Å²) in [5.74, 6) is 0.481. The Morgan fingerprint density at radius 2 is 2.08 bits per heavy atom. The van der Waals surface area contributed by atoms with E-state index in [9.17, 15) is 4.79 Å². The van der Waals surface area contributed by atoms with Crippen LogP contribution in [0.25, 0.3) is 20.8 Å². The molecule has 0 fully saturated rings. The summed E-state index contributed by atoms with van der Waals surface area (Å²) in [4.78, 5) is 19.7. The van der Waals surface area contributed by atoms with Crippen LogP contribution in [0.3, 0.4) is 0 Å². The van der Waals surface area contributed by atoms with Crippen molar-refractivity contribution in [1.82, 2.24) is 20.1 Å². The third-order valence-corrected chi connectivity index (χ3v) is 6.39. The second kappa shape index (κ2) is 7.58. The Kier molecular flexibility index (Phi) is 5.47. The molecule has 0 bridgehead atoms. The number of hydrogen-bond donors (Lipinski definition) is 0. The monoisotopic (exact) mass is 378 g/mol. The van der Waals surface area contributed by atoms with Gasteiger partial charge in [-0.25, -0.2) is 4.98 Å². The Balaban J connectivity index is 1.90. The summed E-state index contributed by atoms with van der Waals surface area (Å²) in [5, 5.41) is 12.5. The van der Waals surface area contributed by atoms with Crippen LogP contribution in [0.4, 0.5) is 0 Å². The van der Waals surface area contributed by atoms with E-state index in [1.807, 2.05) is 43.2 Å². The van der Waals surface area contributed by atoms with Gasteiger partial charge in [0.1, 0.15) is 16.2 Å². The lowest BCUT2D eigenvalue weighted by atomic mass is 10.3. The van der Waals surface area contributed by atoms with Crippen molar-refractivity contribution in [3.05, 3.63) is 22.5 Å². The van der Waals surface area contributed by atoms with Crippen molar-refractivity contribution in [2.45, 2.75) is 25.8 Å². The maximum absolute atomic E-state index is 12.2. The zero-order chi connectivity index (χ0) is 17.1. The predicted molar refractivity (Wildman–Crippen MR) is 102 cm³/mol. The highest BCUT2D eigenvalue weighted by Crippen LogP contribution is 2.36. The van der Waals surface area contributed by atoms with E-state index in [2.05, 4.69) is 15.2 Å². The van der Waals surface area contributed by atoms with Crippen LogP contribution in [-0.4, -0.2) is 44.8 Å². The number of aryl methyl sites for hydroxylation is 1. The third-order valence-electron chi connectivity index (χ3n) is 3.60. The van der Waals surface area contributed by atoms with Crippen LogP contribution in [0.2, 0.25) is 0 Å². The fourth-order valence-corrected chi connectivity index (χ4v) is 4.98. The van der Waals surface area contributed by atoms with Crippen LogP contribution >= 0.6 is 34.4 Å². The summed E-state index contributed by atoms with van der Waals surface area (Å²) >= 11 is 4.69. The summed E-state index contributed by atoms with van der Waals surface area (Å²) in [6, 6.07) is 4.05. The topological polar surface area (TPSA) is 59.0 Å². The number of nitrogens with zero attached hydrogens (tertiary/aromatic N) is 4. The molecule has 1 amide bonds. The summed E-state index contributed by atoms with van der Waals surface area (Å²) in [5.41, 5.74) is 1.73. The minimum absolute atomic E-state index is 0.120. The number of fused-ring (bicyclic) bond motifs is 1. The molecule has 24 heavy (non-hydrogen) atoms. The number of hydrogen-bond acceptors (Lipinski definition) is 7. The molecule has 3 aromatic rings. The highest BCUT2D eigenvalue weighted by atomic mass is 32.2. The van der Waals surface area contributed by atoms with Gasteiger partial charge in [0.25, 0.3) is 0 Å². The average molecular weight is 379 g/mol. The smallest absolute Gasteiger partial charge is 0.232 e. The predicted octanol–water partition coefficient (Wildman–Crippen LogP) is 4.08. The number of thiophene rings is 1. The molecule has 0 unspecified atom stereocenters. The maximum atomic E-state index is 12.2. The number of carbonyl (C=O) groups excluding carboxylic acids is 1. The summed E-state index contributed by atoms with van der Waals surface area (Å²) in [7, 11) is 0. The first kappa shape index (κ1) is 17.3. The van der Waals surface area contributed by atoms with Gasteiger partial charge in [-0.2, -0.15) is 0 Å². The van der Waals surface area contributed by atoms with Crippen LogP contribution in [0.5, 0.6) is 0 Å².